The van der Waals surface area contributed by atoms with Crippen LogP contribution in [0.3, 0.4) is 0 Å². The lowest BCUT2D eigenvalue weighted by molar-refractivity contribution is -0.137. The summed E-state index contributed by atoms with van der Waals surface area (Å²) in [6.45, 7) is 5.06. The minimum atomic E-state index is -4.64. The van der Waals surface area contributed by atoms with Gasteiger partial charge in [0.05, 0.1) is 11.7 Å². The number of hydrogen-bond donors (Lipinski definition) is 2. The number of aromatic nitrogens is 1. The Morgan fingerprint density at radius 2 is 1.82 bits per heavy atom. The van der Waals surface area contributed by atoms with Crippen molar-refractivity contribution in [3.05, 3.63) is 88.1 Å². The number of nitrogens with one attached hydrogen (secondary N) is 2. The van der Waals surface area contributed by atoms with E-state index in [1.807, 2.05) is 35.1 Å². The van der Waals surface area contributed by atoms with Crippen LogP contribution in [0.1, 0.15) is 37.5 Å². The molecule has 214 valence electrons. The summed E-state index contributed by atoms with van der Waals surface area (Å²) >= 11 is 6.00. The van der Waals surface area contributed by atoms with Gasteiger partial charge in [0.15, 0.2) is 0 Å². The molecule has 0 aliphatic rings. The number of hydrogen-bond acceptors (Lipinski definition) is 6. The summed E-state index contributed by atoms with van der Waals surface area (Å²) in [6, 6.07) is 14.5. The summed E-state index contributed by atoms with van der Waals surface area (Å²) in [7, 11) is -4.15. The zero-order valence-electron chi connectivity index (χ0n) is 21.8. The van der Waals surface area contributed by atoms with Crippen molar-refractivity contribution in [2.24, 2.45) is 0 Å². The first kappa shape index (κ1) is 30.9. The van der Waals surface area contributed by atoms with E-state index in [0.29, 0.717) is 24.4 Å². The van der Waals surface area contributed by atoms with Crippen LogP contribution >= 0.6 is 11.6 Å². The van der Waals surface area contributed by atoms with Gasteiger partial charge >= 0.3 is 16.4 Å². The summed E-state index contributed by atoms with van der Waals surface area (Å²) in [6.07, 6.45) is -2.48. The highest BCUT2D eigenvalue weighted by Crippen LogP contribution is 2.37. The van der Waals surface area contributed by atoms with Gasteiger partial charge in [0, 0.05) is 29.9 Å². The Bertz CT molecular complexity index is 1480. The predicted octanol–water partition coefficient (Wildman–Crippen LogP) is 5.93. The number of halogens is 4. The fraction of sp³-hybridized carbons (Fsp3) is 0.259. The van der Waals surface area contributed by atoms with Gasteiger partial charge in [-0.1, -0.05) is 41.9 Å². The van der Waals surface area contributed by atoms with Gasteiger partial charge in [0.25, 0.3) is 5.91 Å². The van der Waals surface area contributed by atoms with Gasteiger partial charge in [-0.15, -0.1) is 0 Å². The molecule has 13 heteroatoms. The lowest BCUT2D eigenvalue weighted by Gasteiger charge is -2.15. The average Bonchev–Trinajstić information content (AvgIpc) is 2.86. The molecular formula is C27H27ClF3N3O5S. The molecule has 0 unspecified atom stereocenters. The highest BCUT2D eigenvalue weighted by molar-refractivity contribution is 7.88. The highest BCUT2D eigenvalue weighted by atomic mass is 35.5. The number of carbonyl (C=O) groups excluding carboxylic acids is 1. The molecule has 1 heterocycles. The van der Waals surface area contributed by atoms with E-state index < -0.39 is 27.9 Å². The number of rotatable bonds is 11. The molecule has 1 aromatic heterocycles. The third kappa shape index (κ3) is 9.25. The molecule has 0 radical (unpaired) electrons. The summed E-state index contributed by atoms with van der Waals surface area (Å²) in [5.41, 5.74) is 0.166. The highest BCUT2D eigenvalue weighted by Gasteiger charge is 2.32. The van der Waals surface area contributed by atoms with E-state index in [1.165, 1.54) is 25.1 Å². The molecule has 2 N–H and O–H groups in total. The Kier molecular flexibility index (Phi) is 10.2. The van der Waals surface area contributed by atoms with E-state index in [2.05, 4.69) is 9.71 Å². The summed E-state index contributed by atoms with van der Waals surface area (Å²) in [5, 5.41) is -0.387. The Balaban J connectivity index is 1.80. The summed E-state index contributed by atoms with van der Waals surface area (Å²) < 4.78 is 79.4. The average molecular weight is 598 g/mol. The van der Waals surface area contributed by atoms with Gasteiger partial charge in [0.2, 0.25) is 5.88 Å². The van der Waals surface area contributed by atoms with Crippen molar-refractivity contribution in [2.75, 3.05) is 6.54 Å². The van der Waals surface area contributed by atoms with E-state index in [9.17, 15) is 26.4 Å². The van der Waals surface area contributed by atoms with Crippen molar-refractivity contribution in [1.29, 1.82) is 0 Å². The van der Waals surface area contributed by atoms with Crippen LogP contribution in [0.15, 0.2) is 66.4 Å². The van der Waals surface area contributed by atoms with Crippen LogP contribution in [-0.2, 0) is 27.6 Å². The molecule has 1 amide bonds. The van der Waals surface area contributed by atoms with Crippen molar-refractivity contribution in [3.8, 4) is 17.4 Å². The van der Waals surface area contributed by atoms with Crippen LogP contribution in [0.4, 0.5) is 13.2 Å². The first-order chi connectivity index (χ1) is 18.7. The van der Waals surface area contributed by atoms with Crippen molar-refractivity contribution >= 4 is 33.8 Å². The summed E-state index contributed by atoms with van der Waals surface area (Å²) in [5.74, 6) is -0.773. The van der Waals surface area contributed by atoms with Gasteiger partial charge < -0.3 is 9.47 Å². The second-order valence-electron chi connectivity index (χ2n) is 8.87. The quantitative estimate of drug-likeness (QED) is 0.265. The normalized spacial score (nSPS) is 12.3. The van der Waals surface area contributed by atoms with Crippen molar-refractivity contribution in [3.63, 3.8) is 0 Å². The molecule has 0 bridgehead atoms. The Morgan fingerprint density at radius 1 is 1.12 bits per heavy atom. The second-order valence-corrected chi connectivity index (χ2v) is 10.8. The summed E-state index contributed by atoms with van der Waals surface area (Å²) in [4.78, 5) is 16.3. The van der Waals surface area contributed by atoms with Crippen molar-refractivity contribution in [2.45, 2.75) is 39.5 Å². The van der Waals surface area contributed by atoms with Crippen LogP contribution in [0.5, 0.6) is 17.4 Å². The molecule has 8 nitrogen and oxygen atoms in total. The van der Waals surface area contributed by atoms with E-state index in [4.69, 9.17) is 21.1 Å². The topological polar surface area (TPSA) is 107 Å². The maximum Gasteiger partial charge on any atom is 0.417 e. The minimum absolute atomic E-state index is 0.00212. The molecule has 0 aliphatic carbocycles. The lowest BCUT2D eigenvalue weighted by Crippen LogP contribution is -2.41. The lowest BCUT2D eigenvalue weighted by atomic mass is 10.1. The van der Waals surface area contributed by atoms with Gasteiger partial charge in [-0.25, -0.2) is 9.71 Å². The minimum Gasteiger partial charge on any atom is -0.491 e. The van der Waals surface area contributed by atoms with Gasteiger partial charge in [-0.3, -0.25) is 4.79 Å². The molecular weight excluding hydrogens is 571 g/mol. The molecule has 2 aromatic carbocycles. The third-order valence-corrected chi connectivity index (χ3v) is 6.51. The number of ether oxygens (including phenoxy) is 2. The number of carbonyl (C=O) groups is 1. The van der Waals surface area contributed by atoms with Gasteiger partial charge in [0.1, 0.15) is 16.5 Å². The van der Waals surface area contributed by atoms with Crippen molar-refractivity contribution < 1.29 is 35.9 Å². The zero-order valence-corrected chi connectivity index (χ0v) is 23.3. The maximum absolute atomic E-state index is 13.0. The predicted molar refractivity (Wildman–Crippen MR) is 145 cm³/mol. The van der Waals surface area contributed by atoms with Crippen molar-refractivity contribution in [1.82, 2.24) is 14.4 Å². The fourth-order valence-electron chi connectivity index (χ4n) is 3.34. The van der Waals surface area contributed by atoms with E-state index in [-0.39, 0.29) is 40.4 Å². The molecule has 0 saturated heterocycles. The fourth-order valence-corrected chi connectivity index (χ4v) is 4.39. The molecule has 40 heavy (non-hydrogen) atoms. The Morgan fingerprint density at radius 3 is 2.45 bits per heavy atom. The standard InChI is InChI=1S/C27H27ClF3N3O5S/c1-17(2)38-22-10-9-20(24(15-22)39-26-23(28)14-21(16-32-26)27(29,30)31)13-18(3)25(35)34-40(36,37)33-12-11-19-7-5-4-6-8-19/h4-10,13-17,33H,11-12H2,1-3H3,(H,34,35)/b18-13+. The molecule has 0 saturated carbocycles. The van der Waals surface area contributed by atoms with Crippen LogP contribution < -0.4 is 18.9 Å². The van der Waals surface area contributed by atoms with Crippen LogP contribution in [0.2, 0.25) is 5.02 Å². The first-order valence-electron chi connectivity index (χ1n) is 12.0. The zero-order chi connectivity index (χ0) is 29.5. The number of pyridine rings is 1. The molecule has 0 aliphatic heterocycles. The van der Waals surface area contributed by atoms with E-state index in [0.717, 1.165) is 5.56 Å². The van der Waals surface area contributed by atoms with Gasteiger partial charge in [-0.05, 0) is 57.0 Å². The molecule has 0 atom stereocenters. The molecule has 3 rings (SSSR count). The number of benzene rings is 2. The Labute approximate surface area is 235 Å². The van der Waals surface area contributed by atoms with Crippen LogP contribution in [-0.4, -0.2) is 32.0 Å². The van der Waals surface area contributed by atoms with E-state index in [1.54, 1.807) is 19.9 Å². The van der Waals surface area contributed by atoms with E-state index >= 15 is 0 Å². The first-order valence-corrected chi connectivity index (χ1v) is 13.8. The molecule has 0 fully saturated rings. The van der Waals surface area contributed by atoms with Crippen LogP contribution in [0.25, 0.3) is 6.08 Å². The smallest absolute Gasteiger partial charge is 0.417 e. The molecule has 3 aromatic rings. The monoisotopic (exact) mass is 597 g/mol. The number of nitrogens with zero attached hydrogens (tertiary/aromatic N) is 1. The van der Waals surface area contributed by atoms with Crippen LogP contribution in [0, 0.1) is 0 Å². The maximum atomic E-state index is 13.0. The number of amides is 1. The number of alkyl halides is 3. The largest absolute Gasteiger partial charge is 0.491 e. The Hall–Kier alpha value is -3.61. The second kappa shape index (κ2) is 13.2. The van der Waals surface area contributed by atoms with Gasteiger partial charge in [-0.2, -0.15) is 26.3 Å². The SMILES string of the molecule is C/C(=C\c1ccc(OC(C)C)cc1Oc1ncc(C(F)(F)F)cc1Cl)C(=O)NS(=O)(=O)NCCc1ccccc1. The molecule has 0 spiro atoms. The third-order valence-electron chi connectivity index (χ3n) is 5.20.